The second kappa shape index (κ2) is 7.09. The zero-order valence-corrected chi connectivity index (χ0v) is 15.0. The van der Waals surface area contributed by atoms with Crippen LogP contribution in [-0.4, -0.2) is 54.1 Å². The molecule has 1 unspecified atom stereocenters. The topological polar surface area (TPSA) is 97.0 Å². The van der Waals surface area contributed by atoms with E-state index >= 15 is 0 Å². The quantitative estimate of drug-likeness (QED) is 0.773. The molecule has 0 radical (unpaired) electrons. The van der Waals surface area contributed by atoms with E-state index in [0.29, 0.717) is 30.9 Å². The molecule has 1 aliphatic carbocycles. The highest BCUT2D eigenvalue weighted by Crippen LogP contribution is 2.33. The minimum atomic E-state index is -0.806. The first-order valence-corrected chi connectivity index (χ1v) is 9.37. The predicted octanol–water partition coefficient (Wildman–Crippen LogP) is 1.20. The molecule has 144 valence electrons. The van der Waals surface area contributed by atoms with Gasteiger partial charge in [-0.25, -0.2) is 4.79 Å². The van der Waals surface area contributed by atoms with Crippen molar-refractivity contribution < 1.29 is 23.9 Å². The van der Waals surface area contributed by atoms with Crippen LogP contribution in [0.25, 0.3) is 0 Å². The van der Waals surface area contributed by atoms with Gasteiger partial charge in [0.05, 0.1) is 6.54 Å². The summed E-state index contributed by atoms with van der Waals surface area (Å²) in [4.78, 5) is 38.2. The Labute approximate surface area is 157 Å². The largest absolute Gasteiger partial charge is 0.486 e. The van der Waals surface area contributed by atoms with Crippen LogP contribution in [0.2, 0.25) is 0 Å². The number of amides is 4. The minimum absolute atomic E-state index is 0.238. The molecule has 1 aromatic rings. The minimum Gasteiger partial charge on any atom is -0.486 e. The van der Waals surface area contributed by atoms with Crippen LogP contribution >= 0.6 is 0 Å². The van der Waals surface area contributed by atoms with E-state index in [4.69, 9.17) is 9.47 Å². The Morgan fingerprint density at radius 2 is 1.93 bits per heavy atom. The third-order valence-electron chi connectivity index (χ3n) is 5.35. The van der Waals surface area contributed by atoms with E-state index in [2.05, 4.69) is 10.6 Å². The zero-order chi connectivity index (χ0) is 18.9. The monoisotopic (exact) mass is 373 g/mol. The van der Waals surface area contributed by atoms with Crippen molar-refractivity contribution in [1.29, 1.82) is 0 Å². The van der Waals surface area contributed by atoms with Gasteiger partial charge in [-0.1, -0.05) is 31.4 Å². The Kier molecular flexibility index (Phi) is 4.63. The molecule has 2 heterocycles. The van der Waals surface area contributed by atoms with Gasteiger partial charge in [0, 0.05) is 0 Å². The van der Waals surface area contributed by atoms with Crippen molar-refractivity contribution in [2.75, 3.05) is 19.7 Å². The molecule has 2 aliphatic heterocycles. The molecule has 4 rings (SSSR count). The van der Waals surface area contributed by atoms with E-state index in [1.807, 2.05) is 18.2 Å². The molecule has 1 saturated heterocycles. The van der Waals surface area contributed by atoms with E-state index in [1.165, 1.54) is 0 Å². The molecule has 3 aliphatic rings. The van der Waals surface area contributed by atoms with E-state index in [9.17, 15) is 14.4 Å². The van der Waals surface area contributed by atoms with Gasteiger partial charge in [-0.3, -0.25) is 14.5 Å². The highest BCUT2D eigenvalue weighted by Gasteiger charge is 2.51. The van der Waals surface area contributed by atoms with Crippen LogP contribution < -0.4 is 20.1 Å². The van der Waals surface area contributed by atoms with Crippen LogP contribution in [0.3, 0.4) is 0 Å². The summed E-state index contributed by atoms with van der Waals surface area (Å²) in [5.74, 6) is 0.635. The summed E-state index contributed by atoms with van der Waals surface area (Å²) < 4.78 is 11.4. The van der Waals surface area contributed by atoms with E-state index in [0.717, 1.165) is 24.2 Å². The maximum Gasteiger partial charge on any atom is 0.325 e. The number of imide groups is 1. The Balaban J connectivity index is 1.30. The molecule has 27 heavy (non-hydrogen) atoms. The average molecular weight is 373 g/mol. The molecule has 2 N–H and O–H groups in total. The lowest BCUT2D eigenvalue weighted by Crippen LogP contribution is -2.49. The Bertz CT molecular complexity index is 759. The number of hydrogen-bond acceptors (Lipinski definition) is 5. The summed E-state index contributed by atoms with van der Waals surface area (Å²) >= 11 is 0. The summed E-state index contributed by atoms with van der Waals surface area (Å²) in [5.41, 5.74) is -0.806. The van der Waals surface area contributed by atoms with Gasteiger partial charge in [0.1, 0.15) is 24.8 Å². The van der Waals surface area contributed by atoms with E-state index < -0.39 is 17.5 Å². The number of nitrogens with zero attached hydrogens (tertiary/aromatic N) is 1. The van der Waals surface area contributed by atoms with E-state index in [1.54, 1.807) is 6.07 Å². The maximum absolute atomic E-state index is 12.7. The first kappa shape index (κ1) is 17.6. The predicted molar refractivity (Wildman–Crippen MR) is 95.4 cm³/mol. The molecule has 0 bridgehead atoms. The molecule has 1 atom stereocenters. The summed E-state index contributed by atoms with van der Waals surface area (Å²) in [5, 5.41) is 5.53. The number of carbonyl (C=O) groups is 3. The number of para-hydroxylation sites is 2. The second-order valence-electron chi connectivity index (χ2n) is 7.27. The Hall–Kier alpha value is -2.77. The highest BCUT2D eigenvalue weighted by atomic mass is 16.6. The lowest BCUT2D eigenvalue weighted by molar-refractivity contribution is -0.135. The van der Waals surface area contributed by atoms with Gasteiger partial charge < -0.3 is 20.1 Å². The van der Waals surface area contributed by atoms with Gasteiger partial charge in [-0.05, 0) is 25.0 Å². The fraction of sp³-hybridized carbons (Fsp3) is 0.526. The van der Waals surface area contributed by atoms with E-state index in [-0.39, 0.29) is 25.1 Å². The normalized spacial score (nSPS) is 23.3. The van der Waals surface area contributed by atoms with Crippen molar-refractivity contribution in [2.24, 2.45) is 0 Å². The lowest BCUT2D eigenvalue weighted by atomic mass is 9.82. The third-order valence-corrected chi connectivity index (χ3v) is 5.35. The number of urea groups is 1. The second-order valence-corrected chi connectivity index (χ2v) is 7.27. The molecule has 1 aromatic carbocycles. The number of ether oxygens (including phenoxy) is 2. The van der Waals surface area contributed by atoms with Crippen molar-refractivity contribution in [3.05, 3.63) is 24.3 Å². The number of hydrogen-bond donors (Lipinski definition) is 2. The van der Waals surface area contributed by atoms with Gasteiger partial charge in [0.15, 0.2) is 11.5 Å². The number of benzene rings is 1. The summed E-state index contributed by atoms with van der Waals surface area (Å²) in [6.45, 7) is 0.280. The number of rotatable bonds is 4. The van der Waals surface area contributed by atoms with Crippen LogP contribution in [0.5, 0.6) is 11.5 Å². The standard InChI is InChI=1S/C19H23N3O5/c23-16(20-10-13-12-26-14-6-2-3-7-15(14)27-13)11-22-17(24)19(21-18(22)25)8-4-1-5-9-19/h2-3,6-7,13H,1,4-5,8-12H2,(H,20,23)(H,21,25). The summed E-state index contributed by atoms with van der Waals surface area (Å²) in [6, 6.07) is 6.86. The summed E-state index contributed by atoms with van der Waals surface area (Å²) in [6.07, 6.45) is 3.85. The first-order valence-electron chi connectivity index (χ1n) is 9.37. The van der Waals surface area contributed by atoms with Gasteiger partial charge >= 0.3 is 6.03 Å². The van der Waals surface area contributed by atoms with Gasteiger partial charge in [-0.2, -0.15) is 0 Å². The van der Waals surface area contributed by atoms with Crippen LogP contribution in [0, 0.1) is 0 Å². The van der Waals surface area contributed by atoms with Crippen molar-refractivity contribution in [3.63, 3.8) is 0 Å². The summed E-state index contributed by atoms with van der Waals surface area (Å²) in [7, 11) is 0. The van der Waals surface area contributed by atoms with Gasteiger partial charge in [0.25, 0.3) is 5.91 Å². The number of carbonyl (C=O) groups excluding carboxylic acids is 3. The molecule has 8 heteroatoms. The van der Waals surface area contributed by atoms with Crippen molar-refractivity contribution >= 4 is 17.8 Å². The average Bonchev–Trinajstić information content (AvgIpc) is 2.90. The zero-order valence-electron chi connectivity index (χ0n) is 15.0. The number of fused-ring (bicyclic) bond motifs is 1. The smallest absolute Gasteiger partial charge is 0.325 e. The fourth-order valence-electron chi connectivity index (χ4n) is 3.90. The first-order chi connectivity index (χ1) is 13.1. The molecule has 0 aromatic heterocycles. The van der Waals surface area contributed by atoms with Crippen LogP contribution in [-0.2, 0) is 9.59 Å². The van der Waals surface area contributed by atoms with Crippen LogP contribution in [0.1, 0.15) is 32.1 Å². The molecule has 2 fully saturated rings. The maximum atomic E-state index is 12.7. The van der Waals surface area contributed by atoms with Crippen molar-refractivity contribution in [3.8, 4) is 11.5 Å². The van der Waals surface area contributed by atoms with Gasteiger partial charge in [0.2, 0.25) is 5.91 Å². The molecule has 8 nitrogen and oxygen atoms in total. The van der Waals surface area contributed by atoms with Crippen LogP contribution in [0.4, 0.5) is 4.79 Å². The van der Waals surface area contributed by atoms with Crippen molar-refractivity contribution in [2.45, 2.75) is 43.7 Å². The van der Waals surface area contributed by atoms with Crippen molar-refractivity contribution in [1.82, 2.24) is 15.5 Å². The fourth-order valence-corrected chi connectivity index (χ4v) is 3.90. The Morgan fingerprint density at radius 1 is 1.19 bits per heavy atom. The molecule has 1 spiro atoms. The molecular weight excluding hydrogens is 350 g/mol. The third kappa shape index (κ3) is 3.43. The van der Waals surface area contributed by atoms with Crippen LogP contribution in [0.15, 0.2) is 24.3 Å². The molecule has 4 amide bonds. The van der Waals surface area contributed by atoms with Gasteiger partial charge in [-0.15, -0.1) is 0 Å². The lowest BCUT2D eigenvalue weighted by Gasteiger charge is -2.30. The Morgan fingerprint density at radius 3 is 2.70 bits per heavy atom. The SMILES string of the molecule is O=C(CN1C(=O)NC2(CCCCC2)C1=O)NCC1COc2ccccc2O1. The highest BCUT2D eigenvalue weighted by molar-refractivity contribution is 6.09. The molecule has 1 saturated carbocycles. The molecular formula is C19H23N3O5. The number of nitrogens with one attached hydrogen (secondary N) is 2.